The van der Waals surface area contributed by atoms with Crippen LogP contribution in [-0.4, -0.2) is 24.7 Å². The van der Waals surface area contributed by atoms with Crippen molar-refractivity contribution in [2.24, 2.45) is 0 Å². The van der Waals surface area contributed by atoms with Crippen molar-refractivity contribution in [1.82, 2.24) is 0 Å². The van der Waals surface area contributed by atoms with Crippen LogP contribution in [0.5, 0.6) is 11.5 Å². The van der Waals surface area contributed by atoms with Crippen molar-refractivity contribution >= 4 is 15.9 Å². The van der Waals surface area contributed by atoms with Crippen molar-refractivity contribution in [2.45, 2.75) is 6.10 Å². The lowest BCUT2D eigenvalue weighted by Crippen LogP contribution is -2.02. The van der Waals surface area contributed by atoms with Gasteiger partial charge in [-0.15, -0.1) is 0 Å². The highest BCUT2D eigenvalue weighted by molar-refractivity contribution is 9.09. The summed E-state index contributed by atoms with van der Waals surface area (Å²) in [5.74, 6) is 1.37. The molecular formula is C10H13BrO3. The largest absolute Gasteiger partial charge is 0.497 e. The highest BCUT2D eigenvalue weighted by Crippen LogP contribution is 2.29. The Bertz CT molecular complexity index is 301. The Labute approximate surface area is 91.8 Å². The molecule has 1 atom stereocenters. The second-order valence-corrected chi connectivity index (χ2v) is 3.43. The number of aliphatic hydroxyl groups excluding tert-OH is 1. The van der Waals surface area contributed by atoms with Gasteiger partial charge in [0.05, 0.1) is 20.3 Å². The third-order valence-corrected chi connectivity index (χ3v) is 2.56. The fourth-order valence-corrected chi connectivity index (χ4v) is 1.53. The minimum Gasteiger partial charge on any atom is -0.497 e. The molecule has 0 aliphatic carbocycles. The molecule has 0 aliphatic rings. The van der Waals surface area contributed by atoms with E-state index >= 15 is 0 Å². The standard InChI is InChI=1S/C10H13BrO3/c1-13-7-3-4-10(14-2)8(5-7)9(12)6-11/h3-5,9,12H,6H2,1-2H3/t9-/m1/s1. The van der Waals surface area contributed by atoms with Crippen LogP contribution in [-0.2, 0) is 0 Å². The quantitative estimate of drug-likeness (QED) is 0.844. The molecule has 0 radical (unpaired) electrons. The molecule has 1 rings (SSSR count). The Morgan fingerprint density at radius 2 is 2.07 bits per heavy atom. The average molecular weight is 261 g/mol. The predicted molar refractivity (Wildman–Crippen MR) is 58.3 cm³/mol. The summed E-state index contributed by atoms with van der Waals surface area (Å²) in [6.07, 6.45) is -0.583. The maximum Gasteiger partial charge on any atom is 0.124 e. The van der Waals surface area contributed by atoms with E-state index in [1.54, 1.807) is 32.4 Å². The Morgan fingerprint density at radius 1 is 1.36 bits per heavy atom. The third kappa shape index (κ3) is 2.39. The van der Waals surface area contributed by atoms with Crippen molar-refractivity contribution in [1.29, 1.82) is 0 Å². The zero-order valence-electron chi connectivity index (χ0n) is 8.16. The van der Waals surface area contributed by atoms with Crippen molar-refractivity contribution in [3.8, 4) is 11.5 Å². The van der Waals surface area contributed by atoms with E-state index < -0.39 is 6.10 Å². The summed E-state index contributed by atoms with van der Waals surface area (Å²) in [6, 6.07) is 5.34. The van der Waals surface area contributed by atoms with Gasteiger partial charge >= 0.3 is 0 Å². The minimum atomic E-state index is -0.583. The Morgan fingerprint density at radius 3 is 2.57 bits per heavy atom. The van der Waals surface area contributed by atoms with Crippen molar-refractivity contribution in [3.63, 3.8) is 0 Å². The number of hydrogen-bond donors (Lipinski definition) is 1. The van der Waals surface area contributed by atoms with E-state index in [2.05, 4.69) is 15.9 Å². The maximum atomic E-state index is 9.68. The highest BCUT2D eigenvalue weighted by atomic mass is 79.9. The number of rotatable bonds is 4. The summed E-state index contributed by atoms with van der Waals surface area (Å²) < 4.78 is 10.2. The summed E-state index contributed by atoms with van der Waals surface area (Å²) in [6.45, 7) is 0. The summed E-state index contributed by atoms with van der Waals surface area (Å²) in [4.78, 5) is 0. The first-order valence-corrected chi connectivity index (χ1v) is 5.31. The van der Waals surface area contributed by atoms with Crippen molar-refractivity contribution in [2.75, 3.05) is 19.5 Å². The first-order valence-electron chi connectivity index (χ1n) is 4.19. The first-order chi connectivity index (χ1) is 6.72. The highest BCUT2D eigenvalue weighted by Gasteiger charge is 2.12. The number of ether oxygens (including phenoxy) is 2. The van der Waals surface area contributed by atoms with Crippen LogP contribution >= 0.6 is 15.9 Å². The number of halogens is 1. The lowest BCUT2D eigenvalue weighted by Gasteiger charge is -2.13. The van der Waals surface area contributed by atoms with Gasteiger partial charge in [0, 0.05) is 10.9 Å². The van der Waals surface area contributed by atoms with Crippen LogP contribution in [0.3, 0.4) is 0 Å². The molecule has 1 aromatic rings. The Balaban J connectivity index is 3.08. The maximum absolute atomic E-state index is 9.68. The molecule has 0 aliphatic heterocycles. The van der Waals surface area contributed by atoms with E-state index in [1.807, 2.05) is 0 Å². The monoisotopic (exact) mass is 260 g/mol. The first kappa shape index (κ1) is 11.3. The number of benzene rings is 1. The van der Waals surface area contributed by atoms with Gasteiger partial charge in [0.1, 0.15) is 11.5 Å². The molecule has 0 spiro atoms. The molecule has 1 N–H and O–H groups in total. The number of aliphatic hydroxyl groups is 1. The molecule has 0 aromatic heterocycles. The summed E-state index contributed by atoms with van der Waals surface area (Å²) >= 11 is 3.21. The van der Waals surface area contributed by atoms with Crippen LogP contribution in [0.2, 0.25) is 0 Å². The van der Waals surface area contributed by atoms with Crippen LogP contribution in [0.15, 0.2) is 18.2 Å². The normalized spacial score (nSPS) is 12.3. The van der Waals surface area contributed by atoms with E-state index in [9.17, 15) is 5.11 Å². The van der Waals surface area contributed by atoms with Crippen LogP contribution in [0.25, 0.3) is 0 Å². The molecule has 0 unspecified atom stereocenters. The van der Waals surface area contributed by atoms with E-state index in [0.717, 1.165) is 5.56 Å². The van der Waals surface area contributed by atoms with E-state index in [1.165, 1.54) is 0 Å². The number of hydrogen-bond acceptors (Lipinski definition) is 3. The van der Waals surface area contributed by atoms with Crippen molar-refractivity contribution in [3.05, 3.63) is 23.8 Å². The van der Waals surface area contributed by atoms with E-state index in [0.29, 0.717) is 16.8 Å². The van der Waals surface area contributed by atoms with Crippen molar-refractivity contribution < 1.29 is 14.6 Å². The number of methoxy groups -OCH3 is 2. The average Bonchev–Trinajstić information content (AvgIpc) is 2.27. The number of alkyl halides is 1. The molecule has 1 aromatic carbocycles. The lowest BCUT2D eigenvalue weighted by atomic mass is 10.1. The second kappa shape index (κ2) is 5.22. The van der Waals surface area contributed by atoms with Gasteiger partial charge in [0.2, 0.25) is 0 Å². The topological polar surface area (TPSA) is 38.7 Å². The Kier molecular flexibility index (Phi) is 4.22. The summed E-state index contributed by atoms with van der Waals surface area (Å²) in [5, 5.41) is 10.1. The van der Waals surface area contributed by atoms with Gasteiger partial charge < -0.3 is 14.6 Å². The van der Waals surface area contributed by atoms with Crippen LogP contribution in [0, 0.1) is 0 Å². The third-order valence-electron chi connectivity index (χ3n) is 1.94. The smallest absolute Gasteiger partial charge is 0.124 e. The van der Waals surface area contributed by atoms with E-state index in [4.69, 9.17) is 9.47 Å². The summed E-state index contributed by atoms with van der Waals surface area (Å²) in [5.41, 5.74) is 0.726. The minimum absolute atomic E-state index is 0.469. The molecule has 14 heavy (non-hydrogen) atoms. The molecule has 0 saturated carbocycles. The molecule has 0 saturated heterocycles. The molecule has 0 bridgehead atoms. The molecule has 0 amide bonds. The van der Waals surface area contributed by atoms with E-state index in [-0.39, 0.29) is 0 Å². The Hall–Kier alpha value is -0.740. The molecule has 0 heterocycles. The van der Waals surface area contributed by atoms with Gasteiger partial charge in [0.25, 0.3) is 0 Å². The van der Waals surface area contributed by atoms with Crippen LogP contribution in [0.4, 0.5) is 0 Å². The fraction of sp³-hybridized carbons (Fsp3) is 0.400. The molecule has 3 nitrogen and oxygen atoms in total. The second-order valence-electron chi connectivity index (χ2n) is 2.78. The van der Waals surface area contributed by atoms with Crippen LogP contribution < -0.4 is 9.47 Å². The zero-order chi connectivity index (χ0) is 10.6. The molecule has 4 heteroatoms. The molecule has 0 fully saturated rings. The predicted octanol–water partition coefficient (Wildman–Crippen LogP) is 2.13. The van der Waals surface area contributed by atoms with Gasteiger partial charge in [-0.3, -0.25) is 0 Å². The molecule has 78 valence electrons. The van der Waals surface area contributed by atoms with Gasteiger partial charge in [-0.25, -0.2) is 0 Å². The lowest BCUT2D eigenvalue weighted by molar-refractivity contribution is 0.199. The van der Waals surface area contributed by atoms with Crippen LogP contribution in [0.1, 0.15) is 11.7 Å². The van der Waals surface area contributed by atoms with Gasteiger partial charge in [-0.2, -0.15) is 0 Å². The molecular weight excluding hydrogens is 248 g/mol. The fourth-order valence-electron chi connectivity index (χ4n) is 1.18. The summed E-state index contributed by atoms with van der Waals surface area (Å²) in [7, 11) is 3.17. The van der Waals surface area contributed by atoms with Gasteiger partial charge in [0.15, 0.2) is 0 Å². The van der Waals surface area contributed by atoms with Gasteiger partial charge in [-0.05, 0) is 18.2 Å². The zero-order valence-corrected chi connectivity index (χ0v) is 9.74. The SMILES string of the molecule is COc1ccc(OC)c([C@H](O)CBr)c1. The van der Waals surface area contributed by atoms with Gasteiger partial charge in [-0.1, -0.05) is 15.9 Å².